The van der Waals surface area contributed by atoms with Crippen molar-refractivity contribution in [1.29, 1.82) is 0 Å². The van der Waals surface area contributed by atoms with E-state index in [1.54, 1.807) is 12.1 Å². The van der Waals surface area contributed by atoms with Crippen molar-refractivity contribution < 1.29 is 13.7 Å². The summed E-state index contributed by atoms with van der Waals surface area (Å²) in [6, 6.07) is 6.01. The molecule has 1 N–H and O–H groups in total. The Kier molecular flexibility index (Phi) is 3.04. The lowest BCUT2D eigenvalue weighted by atomic mass is 10.2. The first-order valence-corrected chi connectivity index (χ1v) is 5.73. The van der Waals surface area contributed by atoms with E-state index in [1.807, 2.05) is 0 Å². The fraction of sp³-hybridized carbons (Fsp3) is 0.333. The lowest BCUT2D eigenvalue weighted by Gasteiger charge is -2.20. The van der Waals surface area contributed by atoms with Crippen LogP contribution in [0.15, 0.2) is 28.8 Å². The minimum atomic E-state index is -0.327. The second-order valence-electron chi connectivity index (χ2n) is 4.05. The van der Waals surface area contributed by atoms with Gasteiger partial charge in [-0.25, -0.2) is 4.39 Å². The number of ether oxygens (including phenoxy) is 1. The Morgan fingerprint density at radius 3 is 3.11 bits per heavy atom. The molecule has 18 heavy (non-hydrogen) atoms. The van der Waals surface area contributed by atoms with Crippen molar-refractivity contribution in [1.82, 2.24) is 15.5 Å². The molecule has 1 aromatic carbocycles. The van der Waals surface area contributed by atoms with Crippen LogP contribution < -0.4 is 5.32 Å². The SMILES string of the molecule is Fc1cccc(-c2nc(C3COCCN3)no2)c1. The molecule has 94 valence electrons. The Labute approximate surface area is 103 Å². The number of nitrogens with one attached hydrogen (secondary N) is 1. The van der Waals surface area contributed by atoms with Crippen LogP contribution in [0.2, 0.25) is 0 Å². The van der Waals surface area contributed by atoms with Crippen LogP contribution in [0.5, 0.6) is 0 Å². The Hall–Kier alpha value is -1.79. The van der Waals surface area contributed by atoms with Crippen LogP contribution in [-0.4, -0.2) is 29.9 Å². The molecule has 3 rings (SSSR count). The van der Waals surface area contributed by atoms with Crippen molar-refractivity contribution in [3.63, 3.8) is 0 Å². The van der Waals surface area contributed by atoms with Gasteiger partial charge >= 0.3 is 0 Å². The first kappa shape index (κ1) is 11.3. The van der Waals surface area contributed by atoms with E-state index in [1.165, 1.54) is 12.1 Å². The van der Waals surface area contributed by atoms with Crippen LogP contribution in [0.25, 0.3) is 11.5 Å². The lowest BCUT2D eigenvalue weighted by molar-refractivity contribution is 0.0734. The quantitative estimate of drug-likeness (QED) is 0.874. The van der Waals surface area contributed by atoms with Gasteiger partial charge in [-0.2, -0.15) is 4.98 Å². The van der Waals surface area contributed by atoms with E-state index in [-0.39, 0.29) is 11.9 Å². The summed E-state index contributed by atoms with van der Waals surface area (Å²) in [7, 11) is 0. The van der Waals surface area contributed by atoms with E-state index < -0.39 is 0 Å². The number of benzene rings is 1. The number of hydrogen-bond donors (Lipinski definition) is 1. The van der Waals surface area contributed by atoms with Crippen molar-refractivity contribution in [3.8, 4) is 11.5 Å². The van der Waals surface area contributed by atoms with Gasteiger partial charge in [0, 0.05) is 12.1 Å². The third-order valence-electron chi connectivity index (χ3n) is 2.75. The monoisotopic (exact) mass is 249 g/mol. The van der Waals surface area contributed by atoms with Crippen LogP contribution in [0.4, 0.5) is 4.39 Å². The van der Waals surface area contributed by atoms with E-state index in [0.717, 1.165) is 6.54 Å². The fourth-order valence-corrected chi connectivity index (χ4v) is 1.85. The first-order valence-electron chi connectivity index (χ1n) is 5.73. The summed E-state index contributed by atoms with van der Waals surface area (Å²) in [5.74, 6) is 0.525. The Morgan fingerprint density at radius 1 is 1.39 bits per heavy atom. The van der Waals surface area contributed by atoms with E-state index in [9.17, 15) is 4.39 Å². The van der Waals surface area contributed by atoms with E-state index in [4.69, 9.17) is 9.26 Å². The highest BCUT2D eigenvalue weighted by atomic mass is 19.1. The number of hydrogen-bond acceptors (Lipinski definition) is 5. The number of aromatic nitrogens is 2. The van der Waals surface area contributed by atoms with Crippen molar-refractivity contribution in [3.05, 3.63) is 35.9 Å². The predicted octanol–water partition coefficient (Wildman–Crippen LogP) is 1.54. The van der Waals surface area contributed by atoms with Crippen molar-refractivity contribution in [2.75, 3.05) is 19.8 Å². The largest absolute Gasteiger partial charge is 0.378 e. The van der Waals surface area contributed by atoms with Crippen LogP contribution in [0, 0.1) is 5.82 Å². The van der Waals surface area contributed by atoms with Crippen molar-refractivity contribution >= 4 is 0 Å². The topological polar surface area (TPSA) is 60.2 Å². The number of nitrogens with zero attached hydrogens (tertiary/aromatic N) is 2. The molecule has 1 aliphatic heterocycles. The van der Waals surface area contributed by atoms with Gasteiger partial charge in [0.25, 0.3) is 5.89 Å². The molecule has 0 amide bonds. The van der Waals surface area contributed by atoms with Gasteiger partial charge in [-0.3, -0.25) is 0 Å². The summed E-state index contributed by atoms with van der Waals surface area (Å²) in [6.07, 6.45) is 0. The number of rotatable bonds is 2. The second kappa shape index (κ2) is 4.83. The molecule has 0 radical (unpaired) electrons. The molecule has 5 nitrogen and oxygen atoms in total. The maximum Gasteiger partial charge on any atom is 0.258 e. The third kappa shape index (κ3) is 2.25. The van der Waals surface area contributed by atoms with E-state index in [0.29, 0.717) is 30.5 Å². The molecule has 0 spiro atoms. The molecule has 2 heterocycles. The van der Waals surface area contributed by atoms with Crippen LogP contribution in [0.3, 0.4) is 0 Å². The molecule has 0 saturated carbocycles. The maximum absolute atomic E-state index is 13.1. The minimum Gasteiger partial charge on any atom is -0.378 e. The summed E-state index contributed by atoms with van der Waals surface area (Å²) in [5, 5.41) is 7.12. The Bertz CT molecular complexity index is 538. The van der Waals surface area contributed by atoms with Crippen LogP contribution in [0.1, 0.15) is 11.9 Å². The van der Waals surface area contributed by atoms with Crippen LogP contribution in [-0.2, 0) is 4.74 Å². The molecule has 6 heteroatoms. The highest BCUT2D eigenvalue weighted by molar-refractivity contribution is 5.52. The molecular weight excluding hydrogens is 237 g/mol. The highest BCUT2D eigenvalue weighted by Crippen LogP contribution is 2.20. The molecule has 0 bridgehead atoms. The molecule has 0 aliphatic carbocycles. The standard InChI is InChI=1S/C12H12FN3O2/c13-9-3-1-2-8(6-9)12-15-11(16-18-12)10-7-17-5-4-14-10/h1-3,6,10,14H,4-5,7H2. The molecular formula is C12H12FN3O2. The predicted molar refractivity (Wildman–Crippen MR) is 61.3 cm³/mol. The van der Waals surface area contributed by atoms with Gasteiger partial charge in [-0.1, -0.05) is 11.2 Å². The molecule has 1 aromatic heterocycles. The summed E-state index contributed by atoms with van der Waals surface area (Å²) >= 11 is 0. The molecule has 2 aromatic rings. The maximum atomic E-state index is 13.1. The second-order valence-corrected chi connectivity index (χ2v) is 4.05. The van der Waals surface area contributed by atoms with Gasteiger partial charge in [0.05, 0.1) is 19.3 Å². The van der Waals surface area contributed by atoms with Crippen molar-refractivity contribution in [2.45, 2.75) is 6.04 Å². The van der Waals surface area contributed by atoms with Gasteiger partial charge in [0.1, 0.15) is 5.82 Å². The lowest BCUT2D eigenvalue weighted by Crippen LogP contribution is -2.35. The molecule has 1 unspecified atom stereocenters. The zero-order valence-corrected chi connectivity index (χ0v) is 9.60. The van der Waals surface area contributed by atoms with E-state index in [2.05, 4.69) is 15.5 Å². The molecule has 1 aliphatic rings. The highest BCUT2D eigenvalue weighted by Gasteiger charge is 2.21. The Balaban J connectivity index is 1.84. The normalized spacial score (nSPS) is 19.9. The van der Waals surface area contributed by atoms with Gasteiger partial charge in [-0.15, -0.1) is 0 Å². The summed E-state index contributed by atoms with van der Waals surface area (Å²) in [4.78, 5) is 4.26. The zero-order chi connectivity index (χ0) is 12.4. The van der Waals surface area contributed by atoms with Crippen molar-refractivity contribution in [2.24, 2.45) is 0 Å². The van der Waals surface area contributed by atoms with Gasteiger partial charge in [-0.05, 0) is 18.2 Å². The van der Waals surface area contributed by atoms with Gasteiger partial charge < -0.3 is 14.6 Å². The average Bonchev–Trinajstić information content (AvgIpc) is 2.89. The van der Waals surface area contributed by atoms with Gasteiger partial charge in [0.15, 0.2) is 5.82 Å². The average molecular weight is 249 g/mol. The third-order valence-corrected chi connectivity index (χ3v) is 2.75. The summed E-state index contributed by atoms with van der Waals surface area (Å²) < 4.78 is 23.6. The fourth-order valence-electron chi connectivity index (χ4n) is 1.85. The molecule has 1 atom stereocenters. The molecule has 1 saturated heterocycles. The minimum absolute atomic E-state index is 0.0650. The van der Waals surface area contributed by atoms with Gasteiger partial charge in [0.2, 0.25) is 0 Å². The zero-order valence-electron chi connectivity index (χ0n) is 9.60. The molecule has 1 fully saturated rings. The smallest absolute Gasteiger partial charge is 0.258 e. The number of halogens is 1. The Morgan fingerprint density at radius 2 is 2.33 bits per heavy atom. The number of morpholine rings is 1. The van der Waals surface area contributed by atoms with Crippen LogP contribution >= 0.6 is 0 Å². The summed E-state index contributed by atoms with van der Waals surface area (Å²) in [5.41, 5.74) is 0.575. The summed E-state index contributed by atoms with van der Waals surface area (Å²) in [6.45, 7) is 1.96. The first-order chi connectivity index (χ1) is 8.83. The van der Waals surface area contributed by atoms with E-state index >= 15 is 0 Å².